The number of hydrogen-bond acceptors (Lipinski definition) is 5. The van der Waals surface area contributed by atoms with Crippen LogP contribution >= 0.6 is 11.8 Å². The van der Waals surface area contributed by atoms with Gasteiger partial charge < -0.3 is 10.6 Å². The maximum Gasteiger partial charge on any atom is 0.134 e. The molecule has 0 atom stereocenters. The molecule has 0 radical (unpaired) electrons. The van der Waals surface area contributed by atoms with E-state index in [9.17, 15) is 0 Å². The lowest BCUT2D eigenvalue weighted by Gasteiger charge is -2.11. The van der Waals surface area contributed by atoms with Crippen LogP contribution in [-0.4, -0.2) is 35.1 Å². The van der Waals surface area contributed by atoms with Gasteiger partial charge in [-0.1, -0.05) is 0 Å². The van der Waals surface area contributed by atoms with Crippen LogP contribution in [0.2, 0.25) is 0 Å². The van der Waals surface area contributed by atoms with Gasteiger partial charge in [-0.25, -0.2) is 9.97 Å². The van der Waals surface area contributed by atoms with Crippen LogP contribution in [0, 0.1) is 6.92 Å². The number of thioether (sulfide) groups is 1. The second kappa shape index (κ2) is 6.50. The molecule has 1 aromatic heterocycles. The van der Waals surface area contributed by atoms with Crippen LogP contribution in [0.3, 0.4) is 0 Å². The van der Waals surface area contributed by atoms with Crippen LogP contribution in [0.25, 0.3) is 0 Å². The van der Waals surface area contributed by atoms with E-state index in [1.54, 1.807) is 6.33 Å². The van der Waals surface area contributed by atoms with Gasteiger partial charge in [-0.2, -0.15) is 11.8 Å². The molecule has 0 fully saturated rings. The van der Waals surface area contributed by atoms with Gasteiger partial charge in [-0.15, -0.1) is 0 Å². The van der Waals surface area contributed by atoms with Crippen LogP contribution in [0.1, 0.15) is 12.5 Å². The fourth-order valence-electron chi connectivity index (χ4n) is 1.25. The summed E-state index contributed by atoms with van der Waals surface area (Å²) in [6.45, 7) is 5.90. The average molecular weight is 226 g/mol. The van der Waals surface area contributed by atoms with Crippen LogP contribution in [0.5, 0.6) is 0 Å². The normalized spacial score (nSPS) is 10.1. The summed E-state index contributed by atoms with van der Waals surface area (Å²) in [5, 5.41) is 6.51. The summed E-state index contributed by atoms with van der Waals surface area (Å²) >= 11 is 1.82. The van der Waals surface area contributed by atoms with E-state index >= 15 is 0 Å². The molecule has 0 saturated heterocycles. The lowest BCUT2D eigenvalue weighted by Crippen LogP contribution is -2.10. The zero-order valence-corrected chi connectivity index (χ0v) is 10.3. The molecule has 0 bridgehead atoms. The lowest BCUT2D eigenvalue weighted by atomic mass is 10.3. The average Bonchev–Trinajstić information content (AvgIpc) is 2.24. The molecule has 1 heterocycles. The molecule has 0 aliphatic carbocycles. The molecule has 2 N–H and O–H groups in total. The minimum Gasteiger partial charge on any atom is -0.370 e. The van der Waals surface area contributed by atoms with E-state index in [1.165, 1.54) is 0 Å². The third-order valence-electron chi connectivity index (χ3n) is 2.03. The highest BCUT2D eigenvalue weighted by molar-refractivity contribution is 7.98. The first-order valence-electron chi connectivity index (χ1n) is 5.07. The predicted molar refractivity (Wildman–Crippen MR) is 67.8 cm³/mol. The smallest absolute Gasteiger partial charge is 0.134 e. The van der Waals surface area contributed by atoms with E-state index in [1.807, 2.05) is 18.7 Å². The molecule has 0 aliphatic rings. The van der Waals surface area contributed by atoms with Crippen LogP contribution < -0.4 is 10.6 Å². The molecule has 0 aliphatic heterocycles. The highest BCUT2D eigenvalue weighted by Gasteiger charge is 2.04. The van der Waals surface area contributed by atoms with Gasteiger partial charge in [0.05, 0.1) is 0 Å². The summed E-state index contributed by atoms with van der Waals surface area (Å²) in [4.78, 5) is 8.41. The summed E-state index contributed by atoms with van der Waals surface area (Å²) in [6.07, 6.45) is 3.69. The molecule has 15 heavy (non-hydrogen) atoms. The Morgan fingerprint density at radius 3 is 2.53 bits per heavy atom. The summed E-state index contributed by atoms with van der Waals surface area (Å²) in [7, 11) is 0. The molecule has 84 valence electrons. The van der Waals surface area contributed by atoms with Crippen molar-refractivity contribution in [2.45, 2.75) is 13.8 Å². The van der Waals surface area contributed by atoms with E-state index in [4.69, 9.17) is 0 Å². The zero-order chi connectivity index (χ0) is 11.1. The van der Waals surface area contributed by atoms with E-state index in [-0.39, 0.29) is 0 Å². The molecule has 0 unspecified atom stereocenters. The molecular weight excluding hydrogens is 208 g/mol. The molecular formula is C10H18N4S. The Morgan fingerprint density at radius 2 is 1.93 bits per heavy atom. The summed E-state index contributed by atoms with van der Waals surface area (Å²) in [5.74, 6) is 2.93. The second-order valence-electron chi connectivity index (χ2n) is 3.15. The SMILES string of the molecule is CCNc1ncnc(NCCSC)c1C. The van der Waals surface area contributed by atoms with Crippen molar-refractivity contribution in [3.05, 3.63) is 11.9 Å². The number of aromatic nitrogens is 2. The number of rotatable bonds is 6. The Hall–Kier alpha value is -0.970. The molecule has 0 aromatic carbocycles. The first-order valence-corrected chi connectivity index (χ1v) is 6.47. The molecule has 1 rings (SSSR count). The summed E-state index contributed by atoms with van der Waals surface area (Å²) in [6, 6.07) is 0. The van der Waals surface area contributed by atoms with Gasteiger partial charge in [-0.3, -0.25) is 0 Å². The predicted octanol–water partition coefficient (Wildman–Crippen LogP) is 1.99. The Bertz CT molecular complexity index is 303. The van der Waals surface area contributed by atoms with Gasteiger partial charge in [0.25, 0.3) is 0 Å². The van der Waals surface area contributed by atoms with Crippen molar-refractivity contribution < 1.29 is 0 Å². The third kappa shape index (κ3) is 3.58. The van der Waals surface area contributed by atoms with Crippen molar-refractivity contribution in [1.29, 1.82) is 0 Å². The number of anilines is 2. The summed E-state index contributed by atoms with van der Waals surface area (Å²) < 4.78 is 0. The van der Waals surface area contributed by atoms with Gasteiger partial charge in [0, 0.05) is 24.4 Å². The topological polar surface area (TPSA) is 49.8 Å². The molecule has 1 aromatic rings. The van der Waals surface area contributed by atoms with Crippen molar-refractivity contribution in [2.24, 2.45) is 0 Å². The quantitative estimate of drug-likeness (QED) is 0.727. The standard InChI is InChI=1S/C10H18N4S/c1-4-11-9-8(2)10(14-7-13-9)12-5-6-15-3/h7H,4-6H2,1-3H3,(H2,11,12,13,14). The molecule has 0 amide bonds. The molecule has 0 saturated carbocycles. The monoisotopic (exact) mass is 226 g/mol. The van der Waals surface area contributed by atoms with Crippen LogP contribution in [0.4, 0.5) is 11.6 Å². The highest BCUT2D eigenvalue weighted by Crippen LogP contribution is 2.17. The van der Waals surface area contributed by atoms with Crippen molar-refractivity contribution in [3.63, 3.8) is 0 Å². The van der Waals surface area contributed by atoms with Crippen molar-refractivity contribution in [1.82, 2.24) is 9.97 Å². The maximum absolute atomic E-state index is 4.22. The van der Waals surface area contributed by atoms with Crippen LogP contribution in [0.15, 0.2) is 6.33 Å². The van der Waals surface area contributed by atoms with E-state index in [0.717, 1.165) is 36.0 Å². The Labute approximate surface area is 95.3 Å². The van der Waals surface area contributed by atoms with E-state index in [0.29, 0.717) is 0 Å². The summed E-state index contributed by atoms with van der Waals surface area (Å²) in [5.41, 5.74) is 1.08. The third-order valence-corrected chi connectivity index (χ3v) is 2.64. The van der Waals surface area contributed by atoms with Gasteiger partial charge in [0.1, 0.15) is 18.0 Å². The van der Waals surface area contributed by atoms with Crippen molar-refractivity contribution in [2.75, 3.05) is 35.7 Å². The van der Waals surface area contributed by atoms with Crippen molar-refractivity contribution in [3.8, 4) is 0 Å². The molecule has 0 spiro atoms. The van der Waals surface area contributed by atoms with Gasteiger partial charge in [0.15, 0.2) is 0 Å². The maximum atomic E-state index is 4.22. The minimum atomic E-state index is 0.877. The number of nitrogens with zero attached hydrogens (tertiary/aromatic N) is 2. The lowest BCUT2D eigenvalue weighted by molar-refractivity contribution is 1.06. The Balaban J connectivity index is 2.66. The van der Waals surface area contributed by atoms with E-state index in [2.05, 4.69) is 33.8 Å². The first-order chi connectivity index (χ1) is 7.29. The Morgan fingerprint density at radius 1 is 1.27 bits per heavy atom. The first kappa shape index (κ1) is 12.1. The zero-order valence-electron chi connectivity index (χ0n) is 9.50. The van der Waals surface area contributed by atoms with Crippen molar-refractivity contribution >= 4 is 23.4 Å². The minimum absolute atomic E-state index is 0.877. The molecule has 5 heteroatoms. The van der Waals surface area contributed by atoms with Gasteiger partial charge >= 0.3 is 0 Å². The highest BCUT2D eigenvalue weighted by atomic mass is 32.2. The molecule has 4 nitrogen and oxygen atoms in total. The fourth-order valence-corrected chi connectivity index (χ4v) is 1.55. The van der Waals surface area contributed by atoms with E-state index < -0.39 is 0 Å². The largest absolute Gasteiger partial charge is 0.370 e. The van der Waals surface area contributed by atoms with Crippen LogP contribution in [-0.2, 0) is 0 Å². The number of nitrogens with one attached hydrogen (secondary N) is 2. The second-order valence-corrected chi connectivity index (χ2v) is 4.13. The number of hydrogen-bond donors (Lipinski definition) is 2. The van der Waals surface area contributed by atoms with Gasteiger partial charge in [-0.05, 0) is 20.1 Å². The Kier molecular flexibility index (Phi) is 5.25. The van der Waals surface area contributed by atoms with Gasteiger partial charge in [0.2, 0.25) is 0 Å². The fraction of sp³-hybridized carbons (Fsp3) is 0.600.